The molecule has 0 saturated carbocycles. The van der Waals surface area contributed by atoms with Crippen LogP contribution >= 0.6 is 0 Å². The van der Waals surface area contributed by atoms with E-state index in [1.54, 1.807) is 0 Å². The lowest BCUT2D eigenvalue weighted by molar-refractivity contribution is -0.152. The molecule has 5 heteroatoms. The van der Waals surface area contributed by atoms with E-state index in [0.717, 1.165) is 11.3 Å². The van der Waals surface area contributed by atoms with E-state index < -0.39 is 17.6 Å². The molecule has 1 amide bonds. The average Bonchev–Trinajstić information content (AvgIpc) is 2.08. The fourth-order valence-corrected chi connectivity index (χ4v) is 1.78. The summed E-state index contributed by atoms with van der Waals surface area (Å²) in [7, 11) is 0. The number of rotatable bonds is 1. The third-order valence-electron chi connectivity index (χ3n) is 2.91. The summed E-state index contributed by atoms with van der Waals surface area (Å²) in [6.45, 7) is 3.70. The van der Waals surface area contributed by atoms with Crippen LogP contribution in [-0.2, 0) is 4.79 Å². The second-order valence-corrected chi connectivity index (χ2v) is 4.12. The predicted octanol–water partition coefficient (Wildman–Crippen LogP) is 1.24. The van der Waals surface area contributed by atoms with Crippen LogP contribution in [0.3, 0.4) is 0 Å². The highest BCUT2D eigenvalue weighted by Gasteiger charge is 2.45. The standard InChI is InChI=1S/C9H15NO4/c1-6-3-4-9(2,7(11)12)10(5-6)8(13)14/h6H,3-5H2,1-2H3,(H,11,12)(H,13,14). The summed E-state index contributed by atoms with van der Waals surface area (Å²) in [5, 5.41) is 17.9. The van der Waals surface area contributed by atoms with Gasteiger partial charge in [0.2, 0.25) is 0 Å². The zero-order valence-electron chi connectivity index (χ0n) is 8.36. The van der Waals surface area contributed by atoms with E-state index >= 15 is 0 Å². The van der Waals surface area contributed by atoms with E-state index in [1.165, 1.54) is 6.92 Å². The summed E-state index contributed by atoms with van der Waals surface area (Å²) >= 11 is 0. The van der Waals surface area contributed by atoms with E-state index in [-0.39, 0.29) is 5.92 Å². The van der Waals surface area contributed by atoms with Crippen molar-refractivity contribution >= 4 is 12.1 Å². The number of carboxylic acids is 1. The Morgan fingerprint density at radius 3 is 2.43 bits per heavy atom. The number of hydrogen-bond acceptors (Lipinski definition) is 2. The second kappa shape index (κ2) is 3.48. The Balaban J connectivity index is 2.93. The number of hydrogen-bond donors (Lipinski definition) is 2. The number of carbonyl (C=O) groups is 2. The fourth-order valence-electron chi connectivity index (χ4n) is 1.78. The molecular formula is C9H15NO4. The molecule has 0 aliphatic carbocycles. The van der Waals surface area contributed by atoms with E-state index in [9.17, 15) is 9.59 Å². The van der Waals surface area contributed by atoms with Crippen molar-refractivity contribution in [3.63, 3.8) is 0 Å². The fraction of sp³-hybridized carbons (Fsp3) is 0.778. The van der Waals surface area contributed by atoms with Gasteiger partial charge in [0.05, 0.1) is 0 Å². The van der Waals surface area contributed by atoms with Gasteiger partial charge in [-0.2, -0.15) is 0 Å². The molecule has 1 rings (SSSR count). The molecule has 0 spiro atoms. The molecule has 0 aromatic rings. The molecule has 2 N–H and O–H groups in total. The smallest absolute Gasteiger partial charge is 0.408 e. The van der Waals surface area contributed by atoms with Gasteiger partial charge in [-0.3, -0.25) is 4.90 Å². The average molecular weight is 201 g/mol. The number of amides is 1. The maximum absolute atomic E-state index is 11.0. The van der Waals surface area contributed by atoms with Crippen molar-refractivity contribution in [1.29, 1.82) is 0 Å². The van der Waals surface area contributed by atoms with Crippen LogP contribution in [0.5, 0.6) is 0 Å². The lowest BCUT2D eigenvalue weighted by Gasteiger charge is -2.42. The highest BCUT2D eigenvalue weighted by Crippen LogP contribution is 2.30. The molecule has 0 aromatic carbocycles. The largest absolute Gasteiger partial charge is 0.480 e. The van der Waals surface area contributed by atoms with E-state index in [1.807, 2.05) is 6.92 Å². The number of carboxylic acid groups (broad SMARTS) is 2. The van der Waals surface area contributed by atoms with Crippen molar-refractivity contribution in [2.75, 3.05) is 6.54 Å². The number of likely N-dealkylation sites (tertiary alicyclic amines) is 1. The highest BCUT2D eigenvalue weighted by atomic mass is 16.4. The Labute approximate surface area is 82.3 Å². The zero-order valence-corrected chi connectivity index (χ0v) is 8.36. The van der Waals surface area contributed by atoms with Gasteiger partial charge < -0.3 is 10.2 Å². The lowest BCUT2D eigenvalue weighted by Crippen LogP contribution is -2.58. The quantitative estimate of drug-likeness (QED) is 0.669. The maximum Gasteiger partial charge on any atom is 0.408 e. The van der Waals surface area contributed by atoms with Gasteiger partial charge in [0.1, 0.15) is 5.54 Å². The minimum Gasteiger partial charge on any atom is -0.480 e. The van der Waals surface area contributed by atoms with Crippen molar-refractivity contribution < 1.29 is 19.8 Å². The monoisotopic (exact) mass is 201 g/mol. The number of piperidine rings is 1. The predicted molar refractivity (Wildman–Crippen MR) is 49.2 cm³/mol. The third kappa shape index (κ3) is 1.66. The summed E-state index contributed by atoms with van der Waals surface area (Å²) in [5.41, 5.74) is -1.25. The molecule has 14 heavy (non-hydrogen) atoms. The van der Waals surface area contributed by atoms with E-state index in [0.29, 0.717) is 13.0 Å². The Kier molecular flexibility index (Phi) is 2.69. The summed E-state index contributed by atoms with van der Waals surface area (Å²) in [6, 6.07) is 0. The third-order valence-corrected chi connectivity index (χ3v) is 2.91. The van der Waals surface area contributed by atoms with Gasteiger partial charge in [0.25, 0.3) is 0 Å². The summed E-state index contributed by atoms with van der Waals surface area (Å²) in [6.07, 6.45) is -0.0102. The molecule has 0 bridgehead atoms. The van der Waals surface area contributed by atoms with Crippen molar-refractivity contribution in [3.05, 3.63) is 0 Å². The van der Waals surface area contributed by atoms with Gasteiger partial charge in [-0.1, -0.05) is 6.92 Å². The first-order valence-electron chi connectivity index (χ1n) is 4.62. The Morgan fingerprint density at radius 2 is 2.00 bits per heavy atom. The van der Waals surface area contributed by atoms with Crippen molar-refractivity contribution in [2.45, 2.75) is 32.2 Å². The molecule has 2 atom stereocenters. The van der Waals surface area contributed by atoms with Gasteiger partial charge >= 0.3 is 12.1 Å². The van der Waals surface area contributed by atoms with Gasteiger partial charge in [-0.05, 0) is 25.7 Å². The van der Waals surface area contributed by atoms with E-state index in [2.05, 4.69) is 0 Å². The first kappa shape index (κ1) is 10.8. The molecule has 0 aromatic heterocycles. The SMILES string of the molecule is CC1CCC(C)(C(=O)O)N(C(=O)O)C1. The Morgan fingerprint density at radius 1 is 1.43 bits per heavy atom. The van der Waals surface area contributed by atoms with Gasteiger partial charge in [0, 0.05) is 6.54 Å². The van der Waals surface area contributed by atoms with Gasteiger partial charge in [-0.15, -0.1) is 0 Å². The molecule has 1 saturated heterocycles. The van der Waals surface area contributed by atoms with Crippen LogP contribution in [0.1, 0.15) is 26.7 Å². The molecule has 80 valence electrons. The molecule has 2 unspecified atom stereocenters. The maximum atomic E-state index is 11.0. The van der Waals surface area contributed by atoms with Crippen LogP contribution in [0.15, 0.2) is 0 Å². The van der Waals surface area contributed by atoms with Gasteiger partial charge in [0.15, 0.2) is 0 Å². The minimum absolute atomic E-state index is 0.235. The minimum atomic E-state index is -1.25. The van der Waals surface area contributed by atoms with Crippen LogP contribution in [0.2, 0.25) is 0 Å². The number of nitrogens with zero attached hydrogens (tertiary/aromatic N) is 1. The van der Waals surface area contributed by atoms with Crippen LogP contribution in [0, 0.1) is 5.92 Å². The molecule has 1 aliphatic heterocycles. The normalized spacial score (nSPS) is 32.7. The van der Waals surface area contributed by atoms with Crippen molar-refractivity contribution in [3.8, 4) is 0 Å². The molecule has 5 nitrogen and oxygen atoms in total. The highest BCUT2D eigenvalue weighted by molar-refractivity contribution is 5.83. The number of aliphatic carboxylic acids is 1. The first-order valence-corrected chi connectivity index (χ1v) is 4.62. The summed E-state index contributed by atoms with van der Waals surface area (Å²) in [4.78, 5) is 22.9. The Bertz CT molecular complexity index is 266. The second-order valence-electron chi connectivity index (χ2n) is 4.12. The Hall–Kier alpha value is -1.26. The topological polar surface area (TPSA) is 77.8 Å². The van der Waals surface area contributed by atoms with E-state index in [4.69, 9.17) is 10.2 Å². The van der Waals surface area contributed by atoms with Crippen molar-refractivity contribution in [1.82, 2.24) is 4.90 Å². The molecular weight excluding hydrogens is 186 g/mol. The van der Waals surface area contributed by atoms with Crippen LogP contribution in [0.25, 0.3) is 0 Å². The molecule has 1 aliphatic rings. The molecule has 1 fully saturated rings. The summed E-state index contributed by atoms with van der Waals surface area (Å²) in [5.74, 6) is -0.828. The molecule has 1 heterocycles. The van der Waals surface area contributed by atoms with Crippen LogP contribution in [-0.4, -0.2) is 39.3 Å². The summed E-state index contributed by atoms with van der Waals surface area (Å²) < 4.78 is 0. The van der Waals surface area contributed by atoms with Gasteiger partial charge in [-0.25, -0.2) is 9.59 Å². The van der Waals surface area contributed by atoms with Crippen LogP contribution < -0.4 is 0 Å². The lowest BCUT2D eigenvalue weighted by atomic mass is 9.84. The zero-order chi connectivity index (χ0) is 10.9. The molecule has 0 radical (unpaired) electrons. The van der Waals surface area contributed by atoms with Crippen molar-refractivity contribution in [2.24, 2.45) is 5.92 Å². The first-order chi connectivity index (χ1) is 6.38. The van der Waals surface area contributed by atoms with Crippen LogP contribution in [0.4, 0.5) is 4.79 Å².